The summed E-state index contributed by atoms with van der Waals surface area (Å²) in [6.07, 6.45) is 0. The van der Waals surface area contributed by atoms with Crippen LogP contribution in [-0.2, 0) is 0 Å². The van der Waals surface area contributed by atoms with E-state index in [0.29, 0.717) is 6.67 Å². The summed E-state index contributed by atoms with van der Waals surface area (Å²) < 4.78 is 0. The number of hydrazine groups is 2. The average Bonchev–Trinajstić information content (AvgIpc) is 1.68. The minimum atomic E-state index is 0.501. The molecule has 4 heteroatoms. The molecule has 0 heterocycles. The number of hydrogen-bond acceptors (Lipinski definition) is 4. The smallest absolute Gasteiger partial charge is 0.0606 e. The van der Waals surface area contributed by atoms with Crippen LogP contribution in [0.25, 0.3) is 0 Å². The molecule has 0 aromatic heterocycles. The normalized spacial score (nSPS) is 10.3. The first-order valence-corrected chi connectivity index (χ1v) is 2.15. The molecular weight excluding hydrogens is 92.1 g/mol. The van der Waals surface area contributed by atoms with Gasteiger partial charge in [-0.1, -0.05) is 0 Å². The molecule has 0 rings (SSSR count). The van der Waals surface area contributed by atoms with Gasteiger partial charge in [-0.15, -0.1) is 0 Å². The van der Waals surface area contributed by atoms with Crippen LogP contribution in [0.1, 0.15) is 0 Å². The van der Waals surface area contributed by atoms with Crippen molar-refractivity contribution >= 4 is 0 Å². The molecule has 0 aliphatic rings. The summed E-state index contributed by atoms with van der Waals surface area (Å²) in [4.78, 5) is 0. The van der Waals surface area contributed by atoms with Crippen LogP contribution in [0, 0.1) is 0 Å². The average molecular weight is 104 g/mol. The quantitative estimate of drug-likeness (QED) is 0.300. The molecule has 0 atom stereocenters. The van der Waals surface area contributed by atoms with E-state index in [1.165, 1.54) is 0 Å². The van der Waals surface area contributed by atoms with Gasteiger partial charge in [0, 0.05) is 7.05 Å². The number of rotatable bonds is 3. The zero-order chi connectivity index (χ0) is 5.70. The highest BCUT2D eigenvalue weighted by Gasteiger charge is 1.83. The summed E-state index contributed by atoms with van der Waals surface area (Å²) in [6, 6.07) is 0. The fraction of sp³-hybridized carbons (Fsp3) is 1.00. The molecule has 0 spiro atoms. The van der Waals surface area contributed by atoms with Crippen LogP contribution in [0.5, 0.6) is 0 Å². The van der Waals surface area contributed by atoms with E-state index in [4.69, 9.17) is 5.73 Å². The molecular formula is C3H12N4. The van der Waals surface area contributed by atoms with Crippen molar-refractivity contribution in [2.24, 2.45) is 5.73 Å². The van der Waals surface area contributed by atoms with Gasteiger partial charge in [-0.3, -0.25) is 0 Å². The Hall–Kier alpha value is -0.160. The van der Waals surface area contributed by atoms with Gasteiger partial charge >= 0.3 is 0 Å². The molecule has 7 heavy (non-hydrogen) atoms. The van der Waals surface area contributed by atoms with Crippen LogP contribution in [0.4, 0.5) is 0 Å². The minimum Gasteiger partial charge on any atom is -0.317 e. The largest absolute Gasteiger partial charge is 0.317 e. The number of nitrogens with one attached hydrogen (secondary N) is 2. The molecule has 0 aromatic rings. The predicted octanol–water partition coefficient (Wildman–Crippen LogP) is -1.53. The van der Waals surface area contributed by atoms with E-state index in [9.17, 15) is 0 Å². The Morgan fingerprint density at radius 1 is 1.71 bits per heavy atom. The van der Waals surface area contributed by atoms with E-state index >= 15 is 0 Å². The van der Waals surface area contributed by atoms with Gasteiger partial charge in [-0.2, -0.15) is 5.53 Å². The lowest BCUT2D eigenvalue weighted by Crippen LogP contribution is -2.45. The van der Waals surface area contributed by atoms with Gasteiger partial charge in [-0.05, 0) is 7.05 Å². The topological polar surface area (TPSA) is 53.3 Å². The molecule has 0 saturated heterocycles. The van der Waals surface area contributed by atoms with Crippen molar-refractivity contribution in [3.63, 3.8) is 0 Å². The highest BCUT2D eigenvalue weighted by atomic mass is 15.7. The second kappa shape index (κ2) is 4.01. The molecule has 4 N–H and O–H groups in total. The highest BCUT2D eigenvalue weighted by Crippen LogP contribution is 1.57. The third-order valence-electron chi connectivity index (χ3n) is 0.577. The predicted molar refractivity (Wildman–Crippen MR) is 29.0 cm³/mol. The Morgan fingerprint density at radius 3 is 2.43 bits per heavy atom. The van der Waals surface area contributed by atoms with Crippen molar-refractivity contribution in [1.29, 1.82) is 0 Å². The first kappa shape index (κ1) is 6.84. The van der Waals surface area contributed by atoms with Gasteiger partial charge in [0.15, 0.2) is 0 Å². The van der Waals surface area contributed by atoms with Gasteiger partial charge in [-0.25, -0.2) is 10.4 Å². The maximum Gasteiger partial charge on any atom is 0.0606 e. The Labute approximate surface area is 43.6 Å². The zero-order valence-electron chi connectivity index (χ0n) is 4.73. The summed E-state index contributed by atoms with van der Waals surface area (Å²) in [5.41, 5.74) is 10.6. The SMILES string of the molecule is CNNN(C)CN. The fourth-order valence-corrected chi connectivity index (χ4v) is 0.237. The van der Waals surface area contributed by atoms with Crippen molar-refractivity contribution in [3.8, 4) is 0 Å². The number of nitrogens with two attached hydrogens (primary N) is 1. The van der Waals surface area contributed by atoms with Crippen LogP contribution in [-0.4, -0.2) is 25.8 Å². The Kier molecular flexibility index (Phi) is 3.92. The van der Waals surface area contributed by atoms with E-state index in [0.717, 1.165) is 0 Å². The van der Waals surface area contributed by atoms with E-state index in [2.05, 4.69) is 11.0 Å². The lowest BCUT2D eigenvalue weighted by Gasteiger charge is -2.12. The second-order valence-corrected chi connectivity index (χ2v) is 1.24. The highest BCUT2D eigenvalue weighted by molar-refractivity contribution is 4.25. The Morgan fingerprint density at radius 2 is 2.29 bits per heavy atom. The first-order valence-electron chi connectivity index (χ1n) is 2.15. The molecule has 4 nitrogen and oxygen atoms in total. The third kappa shape index (κ3) is 3.68. The zero-order valence-corrected chi connectivity index (χ0v) is 4.73. The third-order valence-corrected chi connectivity index (χ3v) is 0.577. The molecule has 0 aliphatic heterocycles. The van der Waals surface area contributed by atoms with Crippen molar-refractivity contribution in [2.45, 2.75) is 0 Å². The van der Waals surface area contributed by atoms with Gasteiger partial charge in [0.1, 0.15) is 0 Å². The van der Waals surface area contributed by atoms with Gasteiger partial charge in [0.05, 0.1) is 6.67 Å². The first-order chi connectivity index (χ1) is 3.31. The van der Waals surface area contributed by atoms with Gasteiger partial charge < -0.3 is 5.73 Å². The standard InChI is InChI=1S/C3H12N4/c1-5-6-7(2)3-4/h5-6H,3-4H2,1-2H3. The maximum atomic E-state index is 5.18. The van der Waals surface area contributed by atoms with E-state index in [1.54, 1.807) is 12.1 Å². The number of hydrogen-bond donors (Lipinski definition) is 3. The van der Waals surface area contributed by atoms with Gasteiger partial charge in [0.25, 0.3) is 0 Å². The van der Waals surface area contributed by atoms with Crippen molar-refractivity contribution < 1.29 is 0 Å². The van der Waals surface area contributed by atoms with Crippen LogP contribution in [0.15, 0.2) is 0 Å². The molecule has 0 amide bonds. The monoisotopic (exact) mass is 104 g/mol. The van der Waals surface area contributed by atoms with Crippen LogP contribution in [0.2, 0.25) is 0 Å². The second-order valence-electron chi connectivity index (χ2n) is 1.24. The Balaban J connectivity index is 2.83. The van der Waals surface area contributed by atoms with Crippen LogP contribution < -0.4 is 16.7 Å². The molecule has 0 saturated carbocycles. The van der Waals surface area contributed by atoms with Crippen molar-refractivity contribution in [1.82, 2.24) is 16.0 Å². The van der Waals surface area contributed by atoms with E-state index in [1.807, 2.05) is 7.05 Å². The molecule has 44 valence electrons. The number of nitrogens with zero attached hydrogens (tertiary/aromatic N) is 1. The molecule has 0 bridgehead atoms. The summed E-state index contributed by atoms with van der Waals surface area (Å²) in [6.45, 7) is 0.501. The molecule has 0 unspecified atom stereocenters. The summed E-state index contributed by atoms with van der Waals surface area (Å²) in [5.74, 6) is 0. The van der Waals surface area contributed by atoms with Crippen molar-refractivity contribution in [2.75, 3.05) is 20.8 Å². The van der Waals surface area contributed by atoms with E-state index < -0.39 is 0 Å². The van der Waals surface area contributed by atoms with Crippen LogP contribution >= 0.6 is 0 Å². The lowest BCUT2D eigenvalue weighted by atomic mass is 11.0. The fourth-order valence-electron chi connectivity index (χ4n) is 0.237. The maximum absolute atomic E-state index is 5.18. The van der Waals surface area contributed by atoms with Crippen molar-refractivity contribution in [3.05, 3.63) is 0 Å². The molecule has 0 aliphatic carbocycles. The van der Waals surface area contributed by atoms with E-state index in [-0.39, 0.29) is 0 Å². The minimum absolute atomic E-state index is 0.501. The lowest BCUT2D eigenvalue weighted by molar-refractivity contribution is 0.209. The summed E-state index contributed by atoms with van der Waals surface area (Å²) >= 11 is 0. The Bertz CT molecular complexity index is 37.9. The van der Waals surface area contributed by atoms with Gasteiger partial charge in [0.2, 0.25) is 0 Å². The summed E-state index contributed by atoms with van der Waals surface area (Å²) in [5, 5.41) is 1.72. The van der Waals surface area contributed by atoms with Crippen LogP contribution in [0.3, 0.4) is 0 Å². The summed E-state index contributed by atoms with van der Waals surface area (Å²) in [7, 11) is 3.63. The molecule has 0 aromatic carbocycles. The molecule has 0 radical (unpaired) electrons. The molecule has 0 fully saturated rings.